The molecule has 7 nitrogen and oxygen atoms in total. The predicted molar refractivity (Wildman–Crippen MR) is 137 cm³/mol. The van der Waals surface area contributed by atoms with E-state index in [1.165, 1.54) is 11.9 Å². The number of nitrogens with zero attached hydrogens (tertiary/aromatic N) is 2. The van der Waals surface area contributed by atoms with E-state index in [1.54, 1.807) is 7.11 Å². The Balaban J connectivity index is 1.40. The van der Waals surface area contributed by atoms with Crippen molar-refractivity contribution >= 4 is 0 Å². The molecule has 188 valence electrons. The first-order valence-corrected chi connectivity index (χ1v) is 12.0. The minimum atomic E-state index is -0.575. The average molecular weight is 491 g/mol. The third kappa shape index (κ3) is 6.79. The smallest absolute Gasteiger partial charge is 0.293 e. The van der Waals surface area contributed by atoms with Crippen molar-refractivity contribution in [3.8, 4) is 17.6 Å². The number of likely N-dealkylation sites (tertiary alicyclic amines) is 1. The maximum absolute atomic E-state index is 12.6. The van der Waals surface area contributed by atoms with Crippen LogP contribution in [0.15, 0.2) is 59.7 Å². The van der Waals surface area contributed by atoms with Crippen LogP contribution in [0.1, 0.15) is 33.9 Å². The number of halogens is 1. The molecule has 3 N–H and O–H groups in total. The van der Waals surface area contributed by atoms with Gasteiger partial charge in [-0.2, -0.15) is 0 Å². The molecule has 0 radical (unpaired) electrons. The summed E-state index contributed by atoms with van der Waals surface area (Å²) in [7, 11) is 1.75. The zero-order valence-electron chi connectivity index (χ0n) is 20.3. The second kappa shape index (κ2) is 12.5. The Bertz CT molecular complexity index is 1240. The lowest BCUT2D eigenvalue weighted by atomic mass is 9.93. The van der Waals surface area contributed by atoms with E-state index in [2.05, 4.69) is 44.2 Å². The van der Waals surface area contributed by atoms with Gasteiger partial charge in [-0.3, -0.25) is 9.69 Å². The molecule has 1 fully saturated rings. The number of ether oxygens (including phenoxy) is 1. The minimum Gasteiger partial charge on any atom is -0.502 e. The van der Waals surface area contributed by atoms with Crippen LogP contribution in [-0.4, -0.2) is 66.0 Å². The zero-order chi connectivity index (χ0) is 25.3. The Morgan fingerprint density at radius 2 is 1.83 bits per heavy atom. The summed E-state index contributed by atoms with van der Waals surface area (Å²) in [5.41, 5.74) is 3.80. The number of H-pyrrole nitrogens is 1. The van der Waals surface area contributed by atoms with E-state index in [4.69, 9.17) is 4.74 Å². The second-order valence-corrected chi connectivity index (χ2v) is 8.94. The molecule has 1 aromatic heterocycles. The van der Waals surface area contributed by atoms with Crippen LogP contribution in [0.2, 0.25) is 0 Å². The van der Waals surface area contributed by atoms with Crippen molar-refractivity contribution in [3.05, 3.63) is 93.2 Å². The van der Waals surface area contributed by atoms with Crippen molar-refractivity contribution < 1.29 is 14.2 Å². The lowest BCUT2D eigenvalue weighted by Crippen LogP contribution is -2.50. The zero-order valence-corrected chi connectivity index (χ0v) is 20.3. The van der Waals surface area contributed by atoms with Crippen LogP contribution in [0.25, 0.3) is 0 Å². The van der Waals surface area contributed by atoms with Gasteiger partial charge in [0.2, 0.25) is 5.75 Å². The number of nitrogens with one attached hydrogen (secondary N) is 2. The average Bonchev–Trinajstić information content (AvgIpc) is 2.88. The number of hydrogen-bond donors (Lipinski definition) is 3. The van der Waals surface area contributed by atoms with E-state index < -0.39 is 12.2 Å². The molecule has 0 saturated carbocycles. The molecule has 1 unspecified atom stereocenters. The molecule has 3 aromatic rings. The Kier molecular flexibility index (Phi) is 8.85. The van der Waals surface area contributed by atoms with E-state index in [1.807, 2.05) is 36.4 Å². The molecule has 1 atom stereocenters. The molecule has 0 bridgehead atoms. The highest BCUT2D eigenvalue weighted by Gasteiger charge is 2.25. The Morgan fingerprint density at radius 1 is 1.17 bits per heavy atom. The fraction of sp³-hybridized carbons (Fsp3) is 0.357. The van der Waals surface area contributed by atoms with Crippen LogP contribution < -0.4 is 10.9 Å². The van der Waals surface area contributed by atoms with Gasteiger partial charge in [0, 0.05) is 63.3 Å². The molecule has 36 heavy (non-hydrogen) atoms. The van der Waals surface area contributed by atoms with Crippen LogP contribution in [-0.2, 0) is 17.7 Å². The SMILES string of the molecule is COC1CN(Cc2ccc(C#Cc3ccc(C(CNCCF)Cc4nc[nH]c(=O)c4O)cc3)cc2)C1. The Morgan fingerprint density at radius 3 is 2.47 bits per heavy atom. The van der Waals surface area contributed by atoms with Gasteiger partial charge in [0.05, 0.1) is 18.1 Å². The van der Waals surface area contributed by atoms with Crippen LogP contribution >= 0.6 is 0 Å². The summed E-state index contributed by atoms with van der Waals surface area (Å²) >= 11 is 0. The van der Waals surface area contributed by atoms with E-state index in [0.717, 1.165) is 36.3 Å². The monoisotopic (exact) mass is 490 g/mol. The summed E-state index contributed by atoms with van der Waals surface area (Å²) in [5.74, 6) is 5.93. The summed E-state index contributed by atoms with van der Waals surface area (Å²) < 4.78 is 17.9. The number of aromatic hydroxyl groups is 1. The summed E-state index contributed by atoms with van der Waals surface area (Å²) in [6.45, 7) is 3.12. The van der Waals surface area contributed by atoms with Crippen molar-refractivity contribution in [2.75, 3.05) is 40.0 Å². The highest BCUT2D eigenvalue weighted by atomic mass is 19.1. The first-order valence-electron chi connectivity index (χ1n) is 12.0. The number of benzene rings is 2. The third-order valence-electron chi connectivity index (χ3n) is 6.36. The van der Waals surface area contributed by atoms with Crippen LogP contribution in [0, 0.1) is 11.8 Å². The molecule has 1 saturated heterocycles. The van der Waals surface area contributed by atoms with Crippen molar-refractivity contribution in [2.24, 2.45) is 0 Å². The molecule has 2 heterocycles. The van der Waals surface area contributed by atoms with Gasteiger partial charge in [0.15, 0.2) is 0 Å². The highest BCUT2D eigenvalue weighted by Crippen LogP contribution is 2.23. The maximum Gasteiger partial charge on any atom is 0.293 e. The van der Waals surface area contributed by atoms with Gasteiger partial charge in [0.25, 0.3) is 5.56 Å². The van der Waals surface area contributed by atoms with Gasteiger partial charge in [-0.15, -0.1) is 0 Å². The second-order valence-electron chi connectivity index (χ2n) is 8.94. The van der Waals surface area contributed by atoms with Gasteiger partial charge < -0.3 is 20.1 Å². The molecule has 1 aliphatic heterocycles. The van der Waals surface area contributed by atoms with Gasteiger partial charge in [0.1, 0.15) is 6.67 Å². The summed E-state index contributed by atoms with van der Waals surface area (Å²) in [6.07, 6.45) is 1.97. The predicted octanol–water partition coefficient (Wildman–Crippen LogP) is 2.59. The third-order valence-corrected chi connectivity index (χ3v) is 6.36. The number of methoxy groups -OCH3 is 1. The Hall–Kier alpha value is -3.51. The van der Waals surface area contributed by atoms with E-state index >= 15 is 0 Å². The first-order chi connectivity index (χ1) is 17.6. The van der Waals surface area contributed by atoms with E-state index in [9.17, 15) is 14.3 Å². The fourth-order valence-corrected chi connectivity index (χ4v) is 4.20. The molecule has 0 amide bonds. The van der Waals surface area contributed by atoms with Crippen molar-refractivity contribution in [1.29, 1.82) is 0 Å². The lowest BCUT2D eigenvalue weighted by Gasteiger charge is -2.38. The van der Waals surface area contributed by atoms with Crippen LogP contribution in [0.5, 0.6) is 5.75 Å². The first kappa shape index (κ1) is 25.6. The summed E-state index contributed by atoms with van der Waals surface area (Å²) in [5, 5.41) is 13.1. The topological polar surface area (TPSA) is 90.5 Å². The highest BCUT2D eigenvalue weighted by molar-refractivity contribution is 5.44. The lowest BCUT2D eigenvalue weighted by molar-refractivity contribution is -0.0333. The van der Waals surface area contributed by atoms with Gasteiger partial charge in [-0.1, -0.05) is 36.1 Å². The number of hydrogen-bond acceptors (Lipinski definition) is 6. The number of aromatic amines is 1. The van der Waals surface area contributed by atoms with E-state index in [0.29, 0.717) is 24.8 Å². The van der Waals surface area contributed by atoms with Crippen LogP contribution in [0.3, 0.4) is 0 Å². The van der Waals surface area contributed by atoms with Crippen LogP contribution in [0.4, 0.5) is 4.39 Å². The minimum absolute atomic E-state index is 0.100. The molecule has 2 aromatic carbocycles. The maximum atomic E-state index is 12.6. The molecule has 8 heteroatoms. The normalized spacial score (nSPS) is 14.6. The summed E-state index contributed by atoms with van der Waals surface area (Å²) in [4.78, 5) is 20.5. The number of aromatic nitrogens is 2. The van der Waals surface area contributed by atoms with E-state index in [-0.39, 0.29) is 18.2 Å². The largest absolute Gasteiger partial charge is 0.502 e. The molecular weight excluding hydrogens is 459 g/mol. The molecular formula is C28H31FN4O3. The molecule has 0 aliphatic carbocycles. The number of rotatable bonds is 10. The van der Waals surface area contributed by atoms with Gasteiger partial charge >= 0.3 is 0 Å². The van der Waals surface area contributed by atoms with Crippen molar-refractivity contribution in [1.82, 2.24) is 20.2 Å². The molecule has 1 aliphatic rings. The number of alkyl halides is 1. The van der Waals surface area contributed by atoms with Crippen molar-refractivity contribution in [2.45, 2.75) is 25.0 Å². The summed E-state index contributed by atoms with van der Waals surface area (Å²) in [6, 6.07) is 16.1. The molecule has 0 spiro atoms. The van der Waals surface area contributed by atoms with Gasteiger partial charge in [-0.25, -0.2) is 9.37 Å². The van der Waals surface area contributed by atoms with Crippen molar-refractivity contribution in [3.63, 3.8) is 0 Å². The molecule has 4 rings (SSSR count). The fourth-order valence-electron chi connectivity index (χ4n) is 4.20. The standard InChI is InChI=1S/C28H31FN4O3/c1-36-25-17-33(18-25)16-22-6-4-20(5-7-22)2-3-21-8-10-23(11-9-21)24(15-30-13-12-29)14-26-27(34)28(35)32-19-31-26/h4-11,19,24-25,30,34H,12-18H2,1H3,(H,31,32,35). The quantitative estimate of drug-likeness (QED) is 0.299. The van der Waals surface area contributed by atoms with Gasteiger partial charge in [-0.05, 0) is 35.4 Å². The Labute approximate surface area is 210 Å².